The van der Waals surface area contributed by atoms with Crippen molar-refractivity contribution in [3.05, 3.63) is 59.8 Å². The molecule has 0 aliphatic heterocycles. The smallest absolute Gasteiger partial charge is 0.265 e. The summed E-state index contributed by atoms with van der Waals surface area (Å²) in [5.74, 6) is 0.598. The molecule has 0 radical (unpaired) electrons. The lowest BCUT2D eigenvalue weighted by atomic mass is 10.1. The molecule has 1 aromatic heterocycles. The van der Waals surface area contributed by atoms with E-state index >= 15 is 0 Å². The molecule has 0 atom stereocenters. The summed E-state index contributed by atoms with van der Waals surface area (Å²) in [6.45, 7) is 3.24. The number of aromatic nitrogens is 1. The van der Waals surface area contributed by atoms with Crippen molar-refractivity contribution < 1.29 is 22.5 Å². The summed E-state index contributed by atoms with van der Waals surface area (Å²) in [5.41, 5.74) is 2.22. The molecule has 0 saturated carbocycles. The highest BCUT2D eigenvalue weighted by Crippen LogP contribution is 2.31. The monoisotopic (exact) mass is 386 g/mol. The van der Waals surface area contributed by atoms with E-state index in [1.165, 1.54) is 32.2 Å². The van der Waals surface area contributed by atoms with Gasteiger partial charge in [0.15, 0.2) is 11.5 Å². The predicted molar refractivity (Wildman–Crippen MR) is 100 cm³/mol. The maximum Gasteiger partial charge on any atom is 0.265 e. The van der Waals surface area contributed by atoms with Gasteiger partial charge >= 0.3 is 0 Å². The molecule has 7 nitrogen and oxygen atoms in total. The number of ketones is 1. The highest BCUT2D eigenvalue weighted by Gasteiger charge is 2.21. The number of sulfonamides is 1. The fourth-order valence-corrected chi connectivity index (χ4v) is 3.74. The number of Topliss-reactive ketones (excluding diaryl/α,β-unsaturated/α-hetero) is 1. The number of benzene rings is 2. The molecular weight excluding hydrogens is 368 g/mol. The Morgan fingerprint density at radius 1 is 1.11 bits per heavy atom. The molecule has 3 rings (SSSR count). The number of carbonyl (C=O) groups is 1. The number of anilines is 1. The van der Waals surface area contributed by atoms with Gasteiger partial charge in [0, 0.05) is 22.9 Å². The van der Waals surface area contributed by atoms with Gasteiger partial charge in [-0.25, -0.2) is 8.42 Å². The van der Waals surface area contributed by atoms with E-state index in [0.29, 0.717) is 22.6 Å². The highest BCUT2D eigenvalue weighted by atomic mass is 32.2. The zero-order chi connectivity index (χ0) is 19.6. The number of hydrogen-bond acceptors (Lipinski definition) is 6. The molecule has 1 heterocycles. The van der Waals surface area contributed by atoms with Crippen LogP contribution < -0.4 is 9.46 Å². The van der Waals surface area contributed by atoms with Crippen LogP contribution in [-0.4, -0.2) is 26.5 Å². The molecule has 0 fully saturated rings. The lowest BCUT2D eigenvalue weighted by Crippen LogP contribution is -2.14. The molecule has 0 aliphatic rings. The van der Waals surface area contributed by atoms with Crippen molar-refractivity contribution in [3.8, 4) is 17.1 Å². The van der Waals surface area contributed by atoms with E-state index in [0.717, 1.165) is 5.69 Å². The van der Waals surface area contributed by atoms with Crippen LogP contribution in [0.15, 0.2) is 57.9 Å². The van der Waals surface area contributed by atoms with Crippen molar-refractivity contribution in [2.75, 3.05) is 11.8 Å². The van der Waals surface area contributed by atoms with Gasteiger partial charge in [-0.3, -0.25) is 9.52 Å². The van der Waals surface area contributed by atoms with Crippen molar-refractivity contribution in [2.45, 2.75) is 18.7 Å². The summed E-state index contributed by atoms with van der Waals surface area (Å²) in [4.78, 5) is 11.3. The van der Waals surface area contributed by atoms with Crippen LogP contribution in [0.1, 0.15) is 23.0 Å². The zero-order valence-corrected chi connectivity index (χ0v) is 15.8. The lowest BCUT2D eigenvalue weighted by Gasteiger charge is -2.12. The first-order valence-corrected chi connectivity index (χ1v) is 9.54. The summed E-state index contributed by atoms with van der Waals surface area (Å²) in [7, 11) is -2.49. The van der Waals surface area contributed by atoms with Crippen LogP contribution in [0, 0.1) is 6.92 Å². The standard InChI is InChI=1S/C19H18N2O5S/c1-12-10-17(26-20-12)15-6-9-19(18(11-15)25-3)27(23,24)21-16-7-4-14(5-8-16)13(2)22/h4-11,21H,1-3H3. The second kappa shape index (κ2) is 7.24. The molecule has 140 valence electrons. The Balaban J connectivity index is 1.92. The molecule has 2 aromatic carbocycles. The van der Waals surface area contributed by atoms with Gasteiger partial charge in [0.25, 0.3) is 10.0 Å². The Hall–Kier alpha value is -3.13. The average molecular weight is 386 g/mol. The third-order valence-corrected chi connectivity index (χ3v) is 5.33. The minimum atomic E-state index is -3.89. The van der Waals surface area contributed by atoms with Crippen LogP contribution in [0.4, 0.5) is 5.69 Å². The minimum Gasteiger partial charge on any atom is -0.495 e. The number of nitrogens with zero attached hydrogens (tertiary/aromatic N) is 1. The van der Waals surface area contributed by atoms with Gasteiger partial charge in [-0.05, 0) is 56.3 Å². The first-order valence-electron chi connectivity index (χ1n) is 8.06. The number of hydrogen-bond donors (Lipinski definition) is 1. The Morgan fingerprint density at radius 3 is 2.37 bits per heavy atom. The van der Waals surface area contributed by atoms with Crippen LogP contribution in [0.2, 0.25) is 0 Å². The van der Waals surface area contributed by atoms with Gasteiger partial charge in [-0.2, -0.15) is 0 Å². The lowest BCUT2D eigenvalue weighted by molar-refractivity contribution is 0.101. The fourth-order valence-electron chi connectivity index (χ4n) is 2.53. The molecule has 3 aromatic rings. The first kappa shape index (κ1) is 18.7. The van der Waals surface area contributed by atoms with Gasteiger partial charge in [-0.1, -0.05) is 5.16 Å². The molecule has 0 unspecified atom stereocenters. The van der Waals surface area contributed by atoms with E-state index in [1.807, 2.05) is 0 Å². The van der Waals surface area contributed by atoms with Gasteiger partial charge in [0.1, 0.15) is 10.6 Å². The maximum atomic E-state index is 12.8. The SMILES string of the molecule is COc1cc(-c2cc(C)no2)ccc1S(=O)(=O)Nc1ccc(C(C)=O)cc1. The van der Waals surface area contributed by atoms with Crippen molar-refractivity contribution in [3.63, 3.8) is 0 Å². The first-order chi connectivity index (χ1) is 12.8. The molecular formula is C19H18N2O5S. The molecule has 27 heavy (non-hydrogen) atoms. The number of carbonyl (C=O) groups excluding carboxylic acids is 1. The fraction of sp³-hybridized carbons (Fsp3) is 0.158. The van der Waals surface area contributed by atoms with E-state index in [4.69, 9.17) is 9.26 Å². The van der Waals surface area contributed by atoms with Crippen LogP contribution in [0.25, 0.3) is 11.3 Å². The Morgan fingerprint density at radius 2 is 1.81 bits per heavy atom. The normalized spacial score (nSPS) is 11.2. The predicted octanol–water partition coefficient (Wildman–Crippen LogP) is 3.66. The molecule has 8 heteroatoms. The Labute approximate surface area is 157 Å². The van der Waals surface area contributed by atoms with Crippen molar-refractivity contribution in [1.29, 1.82) is 0 Å². The summed E-state index contributed by atoms with van der Waals surface area (Å²) in [6, 6.07) is 12.6. The molecule has 0 bridgehead atoms. The molecule has 0 aliphatic carbocycles. The number of rotatable bonds is 6. The van der Waals surface area contributed by atoms with E-state index in [9.17, 15) is 13.2 Å². The average Bonchev–Trinajstić information content (AvgIpc) is 3.07. The van der Waals surface area contributed by atoms with Gasteiger partial charge in [0.05, 0.1) is 12.8 Å². The quantitative estimate of drug-likeness (QED) is 0.649. The Bertz CT molecular complexity index is 1090. The van der Waals surface area contributed by atoms with Gasteiger partial charge < -0.3 is 9.26 Å². The number of methoxy groups -OCH3 is 1. The van der Waals surface area contributed by atoms with Gasteiger partial charge in [0.2, 0.25) is 0 Å². The van der Waals surface area contributed by atoms with E-state index < -0.39 is 10.0 Å². The van der Waals surface area contributed by atoms with Crippen LogP contribution in [-0.2, 0) is 10.0 Å². The van der Waals surface area contributed by atoms with Crippen LogP contribution in [0.3, 0.4) is 0 Å². The third kappa shape index (κ3) is 4.01. The van der Waals surface area contributed by atoms with E-state index in [2.05, 4.69) is 9.88 Å². The number of nitrogens with one attached hydrogen (secondary N) is 1. The largest absolute Gasteiger partial charge is 0.495 e. The molecule has 1 N–H and O–H groups in total. The highest BCUT2D eigenvalue weighted by molar-refractivity contribution is 7.92. The topological polar surface area (TPSA) is 98.5 Å². The van der Waals surface area contributed by atoms with E-state index in [-0.39, 0.29) is 16.4 Å². The zero-order valence-electron chi connectivity index (χ0n) is 15.0. The summed E-state index contributed by atoms with van der Waals surface area (Å²) < 4.78 is 38.5. The summed E-state index contributed by atoms with van der Waals surface area (Å²) in [5, 5.41) is 3.82. The van der Waals surface area contributed by atoms with Crippen LogP contribution in [0.5, 0.6) is 5.75 Å². The Kier molecular flexibility index (Phi) is 5.00. The summed E-state index contributed by atoms with van der Waals surface area (Å²) in [6.07, 6.45) is 0. The van der Waals surface area contributed by atoms with Crippen molar-refractivity contribution in [1.82, 2.24) is 5.16 Å². The maximum absolute atomic E-state index is 12.8. The van der Waals surface area contributed by atoms with Crippen molar-refractivity contribution >= 4 is 21.5 Å². The minimum absolute atomic E-state index is 0.0133. The van der Waals surface area contributed by atoms with E-state index in [1.54, 1.807) is 37.3 Å². The second-order valence-corrected chi connectivity index (χ2v) is 7.59. The molecule has 0 saturated heterocycles. The third-order valence-electron chi connectivity index (χ3n) is 3.91. The van der Waals surface area contributed by atoms with Crippen LogP contribution >= 0.6 is 0 Å². The number of ether oxygens (including phenoxy) is 1. The van der Waals surface area contributed by atoms with Gasteiger partial charge in [-0.15, -0.1) is 0 Å². The molecule has 0 amide bonds. The second-order valence-electron chi connectivity index (χ2n) is 5.94. The number of aryl methyl sites for hydroxylation is 1. The summed E-state index contributed by atoms with van der Waals surface area (Å²) >= 11 is 0. The molecule has 0 spiro atoms. The van der Waals surface area contributed by atoms with Crippen molar-refractivity contribution in [2.24, 2.45) is 0 Å².